The first-order valence-electron chi connectivity index (χ1n) is 8.46. The fourth-order valence-electron chi connectivity index (χ4n) is 2.65. The number of hydrogen-bond donors (Lipinski definition) is 2. The van der Waals surface area contributed by atoms with E-state index < -0.39 is 0 Å². The first kappa shape index (κ1) is 16.2. The molecular formula is C19H23N5. The van der Waals surface area contributed by atoms with Crippen molar-refractivity contribution in [2.45, 2.75) is 32.6 Å². The number of nitrogens with two attached hydrogens (primary N) is 1. The molecule has 0 fully saturated rings. The van der Waals surface area contributed by atoms with Crippen LogP contribution in [0, 0.1) is 0 Å². The summed E-state index contributed by atoms with van der Waals surface area (Å²) in [5, 5.41) is 4.54. The Hall–Kier alpha value is -2.69. The average Bonchev–Trinajstić information content (AvgIpc) is 2.61. The van der Waals surface area contributed by atoms with E-state index in [1.165, 1.54) is 5.39 Å². The van der Waals surface area contributed by atoms with Gasteiger partial charge in [-0.05, 0) is 31.4 Å². The van der Waals surface area contributed by atoms with Gasteiger partial charge < -0.3 is 11.1 Å². The molecule has 0 saturated carbocycles. The largest absolute Gasteiger partial charge is 0.370 e. The monoisotopic (exact) mass is 321 g/mol. The third kappa shape index (κ3) is 3.98. The van der Waals surface area contributed by atoms with Gasteiger partial charge in [-0.15, -0.1) is 0 Å². The fraction of sp³-hybridized carbons (Fsp3) is 0.316. The second-order valence-electron chi connectivity index (χ2n) is 5.88. The van der Waals surface area contributed by atoms with Crippen LogP contribution in [-0.2, 0) is 12.8 Å². The van der Waals surface area contributed by atoms with Crippen LogP contribution in [-0.4, -0.2) is 21.5 Å². The highest BCUT2D eigenvalue weighted by molar-refractivity contribution is 5.78. The van der Waals surface area contributed by atoms with Crippen LogP contribution in [0.2, 0.25) is 0 Å². The fourth-order valence-corrected chi connectivity index (χ4v) is 2.65. The molecule has 0 amide bonds. The van der Waals surface area contributed by atoms with Crippen molar-refractivity contribution in [3.63, 3.8) is 0 Å². The molecule has 0 aliphatic carbocycles. The lowest BCUT2D eigenvalue weighted by atomic mass is 10.1. The minimum Gasteiger partial charge on any atom is -0.370 e. The van der Waals surface area contributed by atoms with Crippen molar-refractivity contribution in [2.75, 3.05) is 17.6 Å². The van der Waals surface area contributed by atoms with Crippen LogP contribution in [0.25, 0.3) is 10.9 Å². The van der Waals surface area contributed by atoms with Crippen molar-refractivity contribution in [3.05, 3.63) is 53.9 Å². The number of aromatic nitrogens is 3. The van der Waals surface area contributed by atoms with Crippen LogP contribution in [0.1, 0.15) is 31.0 Å². The minimum atomic E-state index is 0.307. The molecule has 2 heterocycles. The maximum atomic E-state index is 5.73. The number of hydrogen-bond acceptors (Lipinski definition) is 5. The summed E-state index contributed by atoms with van der Waals surface area (Å²) in [6, 6.07) is 12.4. The molecule has 24 heavy (non-hydrogen) atoms. The molecule has 0 aliphatic rings. The number of unbranched alkanes of at least 4 members (excludes halogenated alkanes) is 1. The number of pyridine rings is 1. The van der Waals surface area contributed by atoms with Gasteiger partial charge in [0.25, 0.3) is 0 Å². The molecule has 5 heteroatoms. The van der Waals surface area contributed by atoms with Crippen LogP contribution in [0.15, 0.2) is 42.6 Å². The van der Waals surface area contributed by atoms with Gasteiger partial charge in [-0.2, -0.15) is 4.98 Å². The molecule has 0 aliphatic heterocycles. The number of aryl methyl sites for hydroxylation is 2. The highest BCUT2D eigenvalue weighted by Crippen LogP contribution is 2.17. The van der Waals surface area contributed by atoms with Crippen molar-refractivity contribution < 1.29 is 0 Å². The van der Waals surface area contributed by atoms with Crippen LogP contribution in [0.4, 0.5) is 11.8 Å². The highest BCUT2D eigenvalue weighted by atomic mass is 15.1. The standard InChI is InChI=1S/C19H23N5/c1-2-3-12-21-18-15(13-22-19(20)24-18)9-11-16-10-8-14-6-4-5-7-17(14)23-16/h4-8,10,13H,2-3,9,11-12H2,1H3,(H3,20,21,22,24). The van der Waals surface area contributed by atoms with E-state index in [4.69, 9.17) is 10.7 Å². The quantitative estimate of drug-likeness (QED) is 0.650. The SMILES string of the molecule is CCCCNc1nc(N)ncc1CCc1ccc2ccccc2n1. The van der Waals surface area contributed by atoms with Crippen molar-refractivity contribution >= 4 is 22.7 Å². The van der Waals surface area contributed by atoms with E-state index in [2.05, 4.69) is 40.4 Å². The number of nitrogens with one attached hydrogen (secondary N) is 1. The third-order valence-corrected chi connectivity index (χ3v) is 4.01. The van der Waals surface area contributed by atoms with E-state index in [1.54, 1.807) is 0 Å². The second-order valence-corrected chi connectivity index (χ2v) is 5.88. The van der Waals surface area contributed by atoms with Gasteiger partial charge in [0.15, 0.2) is 0 Å². The molecule has 5 nitrogen and oxygen atoms in total. The molecule has 0 bridgehead atoms. The molecule has 124 valence electrons. The molecule has 3 aromatic rings. The third-order valence-electron chi connectivity index (χ3n) is 4.01. The first-order chi connectivity index (χ1) is 11.8. The maximum Gasteiger partial charge on any atom is 0.221 e. The van der Waals surface area contributed by atoms with E-state index in [-0.39, 0.29) is 0 Å². The van der Waals surface area contributed by atoms with E-state index in [1.807, 2.05) is 24.4 Å². The zero-order valence-electron chi connectivity index (χ0n) is 14.0. The van der Waals surface area contributed by atoms with Crippen molar-refractivity contribution in [3.8, 4) is 0 Å². The highest BCUT2D eigenvalue weighted by Gasteiger charge is 2.07. The van der Waals surface area contributed by atoms with Gasteiger partial charge in [-0.3, -0.25) is 4.98 Å². The lowest BCUT2D eigenvalue weighted by Gasteiger charge is -2.11. The second kappa shape index (κ2) is 7.73. The van der Waals surface area contributed by atoms with E-state index in [0.29, 0.717) is 5.95 Å². The van der Waals surface area contributed by atoms with Gasteiger partial charge in [0.2, 0.25) is 5.95 Å². The Bertz CT molecular complexity index is 816. The lowest BCUT2D eigenvalue weighted by Crippen LogP contribution is -2.09. The summed E-state index contributed by atoms with van der Waals surface area (Å²) < 4.78 is 0. The Labute approximate surface area is 142 Å². The predicted molar refractivity (Wildman–Crippen MR) is 99.0 cm³/mol. The number of benzene rings is 1. The van der Waals surface area contributed by atoms with E-state index >= 15 is 0 Å². The number of fused-ring (bicyclic) bond motifs is 1. The van der Waals surface area contributed by atoms with Crippen molar-refractivity contribution in [2.24, 2.45) is 0 Å². The number of nitrogens with zero attached hydrogens (tertiary/aromatic N) is 3. The molecule has 3 N–H and O–H groups in total. The van der Waals surface area contributed by atoms with Gasteiger partial charge in [0.05, 0.1) is 5.52 Å². The summed E-state index contributed by atoms with van der Waals surface area (Å²) in [4.78, 5) is 13.2. The average molecular weight is 321 g/mol. The number of nitrogen functional groups attached to an aromatic ring is 1. The van der Waals surface area contributed by atoms with Gasteiger partial charge in [-0.25, -0.2) is 4.98 Å². The van der Waals surface area contributed by atoms with E-state index in [9.17, 15) is 0 Å². The Morgan fingerprint density at radius 1 is 1.04 bits per heavy atom. The van der Waals surface area contributed by atoms with Crippen molar-refractivity contribution in [1.82, 2.24) is 15.0 Å². The zero-order chi connectivity index (χ0) is 16.8. The summed E-state index contributed by atoms with van der Waals surface area (Å²) in [7, 11) is 0. The summed E-state index contributed by atoms with van der Waals surface area (Å²) in [5.74, 6) is 1.15. The normalized spacial score (nSPS) is 10.9. The molecule has 0 radical (unpaired) electrons. The van der Waals surface area contributed by atoms with Crippen LogP contribution < -0.4 is 11.1 Å². The molecule has 0 spiro atoms. The maximum absolute atomic E-state index is 5.73. The molecular weight excluding hydrogens is 298 g/mol. The summed E-state index contributed by atoms with van der Waals surface area (Å²) in [5.41, 5.74) is 8.91. The van der Waals surface area contributed by atoms with E-state index in [0.717, 1.165) is 54.8 Å². The number of anilines is 2. The minimum absolute atomic E-state index is 0.307. The molecule has 0 saturated heterocycles. The zero-order valence-corrected chi connectivity index (χ0v) is 14.0. The smallest absolute Gasteiger partial charge is 0.221 e. The number of para-hydroxylation sites is 1. The lowest BCUT2D eigenvalue weighted by molar-refractivity contribution is 0.824. The Morgan fingerprint density at radius 3 is 2.79 bits per heavy atom. The number of rotatable bonds is 7. The molecule has 3 rings (SSSR count). The summed E-state index contributed by atoms with van der Waals surface area (Å²) in [6.07, 6.45) is 5.75. The Balaban J connectivity index is 1.72. The van der Waals surface area contributed by atoms with Crippen molar-refractivity contribution in [1.29, 1.82) is 0 Å². The molecule has 1 aromatic carbocycles. The molecule has 0 atom stereocenters. The van der Waals surface area contributed by atoms with Gasteiger partial charge in [-0.1, -0.05) is 37.6 Å². The summed E-state index contributed by atoms with van der Waals surface area (Å²) >= 11 is 0. The van der Waals surface area contributed by atoms with Crippen LogP contribution in [0.3, 0.4) is 0 Å². The first-order valence-corrected chi connectivity index (χ1v) is 8.46. The van der Waals surface area contributed by atoms with Gasteiger partial charge in [0.1, 0.15) is 5.82 Å². The Kier molecular flexibility index (Phi) is 5.21. The Morgan fingerprint density at radius 2 is 1.92 bits per heavy atom. The summed E-state index contributed by atoms with van der Waals surface area (Å²) in [6.45, 7) is 3.07. The topological polar surface area (TPSA) is 76.7 Å². The van der Waals surface area contributed by atoms with Crippen LogP contribution >= 0.6 is 0 Å². The van der Waals surface area contributed by atoms with Gasteiger partial charge >= 0.3 is 0 Å². The predicted octanol–water partition coefficient (Wildman–Crippen LogP) is 3.60. The van der Waals surface area contributed by atoms with Crippen LogP contribution in [0.5, 0.6) is 0 Å². The van der Waals surface area contributed by atoms with Gasteiger partial charge in [0, 0.05) is 29.4 Å². The molecule has 2 aromatic heterocycles. The molecule has 0 unspecified atom stereocenters.